The minimum atomic E-state index is -1.94. The van der Waals surface area contributed by atoms with Crippen molar-refractivity contribution in [2.45, 2.75) is 107 Å². The van der Waals surface area contributed by atoms with Crippen molar-refractivity contribution < 1.29 is 54.2 Å². The van der Waals surface area contributed by atoms with Gasteiger partial charge in [-0.25, -0.2) is 9.59 Å². The lowest BCUT2D eigenvalue weighted by atomic mass is 9.84. The highest BCUT2D eigenvalue weighted by Crippen LogP contribution is 2.41. The van der Waals surface area contributed by atoms with E-state index in [1.807, 2.05) is 30.3 Å². The Hall–Kier alpha value is -3.10. The van der Waals surface area contributed by atoms with E-state index in [0.29, 0.717) is 12.8 Å². The van der Waals surface area contributed by atoms with Gasteiger partial charge in [0.15, 0.2) is 6.10 Å². The number of hydrogen-bond donors (Lipinski definition) is 6. The Morgan fingerprint density at radius 1 is 1.02 bits per heavy atom. The average Bonchev–Trinajstić information content (AvgIpc) is 3.35. The summed E-state index contributed by atoms with van der Waals surface area (Å²) in [6.45, 7) is 1.54. The van der Waals surface area contributed by atoms with E-state index in [1.54, 1.807) is 6.92 Å². The maximum atomic E-state index is 13.8. The molecule has 1 amide bonds. The van der Waals surface area contributed by atoms with Gasteiger partial charge in [-0.2, -0.15) is 0 Å². The fourth-order valence-electron chi connectivity index (χ4n) is 6.16. The molecule has 13 nitrogen and oxygen atoms in total. The molecule has 3 fully saturated rings. The number of ether oxygens (including phenoxy) is 2. The van der Waals surface area contributed by atoms with Crippen molar-refractivity contribution in [2.75, 3.05) is 0 Å². The standard InChI is InChI=1S/C28H38N2O11/c1-14(29-17(25(35)36)12-11-15-7-3-2-4-8-15)24(34)30-18-10-6-5-9-16(18)13-19(30)27(39)41-28-22(33)20(31)21(32)23(40-28)26(37)38/h2-4,7-8,14,16-23,28-29,31-33H,5-6,9-13H2,1H3,(H,35,36)(H,37,38). The van der Waals surface area contributed by atoms with Gasteiger partial charge in [0.2, 0.25) is 12.2 Å². The van der Waals surface area contributed by atoms with Gasteiger partial charge in [0.05, 0.1) is 6.04 Å². The SMILES string of the molecule is CC(NC(CCc1ccccc1)C(=O)O)C(=O)N1C(C(=O)OC2OC(C(=O)O)C(O)C(O)C2O)CC2CCCCC21. The van der Waals surface area contributed by atoms with Crippen LogP contribution in [0.4, 0.5) is 0 Å². The molecule has 4 rings (SSSR count). The number of nitrogens with zero attached hydrogens (tertiary/aromatic N) is 1. The first kappa shape index (κ1) is 30.8. The van der Waals surface area contributed by atoms with Crippen molar-refractivity contribution in [3.05, 3.63) is 35.9 Å². The highest BCUT2D eigenvalue weighted by Gasteiger charge is 2.52. The number of aliphatic hydroxyl groups excluding tert-OH is 3. The minimum absolute atomic E-state index is 0.00202. The summed E-state index contributed by atoms with van der Waals surface area (Å²) in [6.07, 6.45) is -5.43. The van der Waals surface area contributed by atoms with E-state index in [9.17, 15) is 44.7 Å². The van der Waals surface area contributed by atoms with Crippen molar-refractivity contribution in [1.29, 1.82) is 0 Å². The van der Waals surface area contributed by atoms with Crippen LogP contribution in [0.5, 0.6) is 0 Å². The second kappa shape index (κ2) is 13.3. The van der Waals surface area contributed by atoms with Crippen LogP contribution >= 0.6 is 0 Å². The number of carboxylic acid groups (broad SMARTS) is 2. The molecule has 6 N–H and O–H groups in total. The first-order chi connectivity index (χ1) is 19.5. The normalized spacial score (nSPS) is 32.9. The summed E-state index contributed by atoms with van der Waals surface area (Å²) >= 11 is 0. The Morgan fingerprint density at radius 2 is 1.71 bits per heavy atom. The second-order valence-electron chi connectivity index (χ2n) is 11.1. The molecule has 10 unspecified atom stereocenters. The summed E-state index contributed by atoms with van der Waals surface area (Å²) in [5.74, 6) is -4.15. The number of fused-ring (bicyclic) bond motifs is 1. The van der Waals surface area contributed by atoms with Gasteiger partial charge in [-0.3, -0.25) is 14.9 Å². The molecule has 0 aromatic heterocycles. The van der Waals surface area contributed by atoms with E-state index < -0.39 is 72.6 Å². The van der Waals surface area contributed by atoms with E-state index in [0.717, 1.165) is 24.8 Å². The van der Waals surface area contributed by atoms with Gasteiger partial charge in [0.1, 0.15) is 30.4 Å². The van der Waals surface area contributed by atoms with Gasteiger partial charge in [-0.15, -0.1) is 0 Å². The number of hydrogen-bond acceptors (Lipinski definition) is 10. The van der Waals surface area contributed by atoms with Crippen molar-refractivity contribution in [3.63, 3.8) is 0 Å². The van der Waals surface area contributed by atoms with Crippen LogP contribution in [-0.2, 0) is 35.1 Å². The van der Waals surface area contributed by atoms with Gasteiger partial charge >= 0.3 is 17.9 Å². The van der Waals surface area contributed by atoms with Crippen LogP contribution in [0.15, 0.2) is 30.3 Å². The summed E-state index contributed by atoms with van der Waals surface area (Å²) < 4.78 is 10.4. The van der Waals surface area contributed by atoms with Gasteiger partial charge in [0.25, 0.3) is 0 Å². The fourth-order valence-corrected chi connectivity index (χ4v) is 6.16. The molecule has 13 heteroatoms. The molecule has 2 aliphatic heterocycles. The summed E-state index contributed by atoms with van der Waals surface area (Å²) in [5, 5.41) is 52.3. The van der Waals surface area contributed by atoms with Crippen molar-refractivity contribution in [2.24, 2.45) is 5.92 Å². The smallest absolute Gasteiger partial charge is 0.335 e. The molecule has 0 radical (unpaired) electrons. The Kier molecular flexibility index (Phi) is 9.97. The van der Waals surface area contributed by atoms with E-state index in [4.69, 9.17) is 9.47 Å². The summed E-state index contributed by atoms with van der Waals surface area (Å²) in [4.78, 5) is 52.0. The lowest BCUT2D eigenvalue weighted by molar-refractivity contribution is -0.287. The van der Waals surface area contributed by atoms with E-state index in [2.05, 4.69) is 5.32 Å². The molecule has 0 spiro atoms. The number of carbonyl (C=O) groups excluding carboxylic acids is 2. The molecule has 1 aromatic carbocycles. The van der Waals surface area contributed by atoms with Crippen LogP contribution < -0.4 is 5.32 Å². The topological polar surface area (TPSA) is 203 Å². The molecular formula is C28H38N2O11. The number of benzene rings is 1. The van der Waals surface area contributed by atoms with Gasteiger partial charge in [-0.05, 0) is 50.5 Å². The molecule has 3 aliphatic rings. The van der Waals surface area contributed by atoms with Gasteiger partial charge < -0.3 is 39.9 Å². The zero-order chi connectivity index (χ0) is 29.8. The Morgan fingerprint density at radius 3 is 2.37 bits per heavy atom. The predicted octanol–water partition coefficient (Wildman–Crippen LogP) is -0.354. The third-order valence-electron chi connectivity index (χ3n) is 8.34. The summed E-state index contributed by atoms with van der Waals surface area (Å²) in [6, 6.07) is 6.04. The number of carbonyl (C=O) groups is 4. The highest BCUT2D eigenvalue weighted by atomic mass is 16.7. The van der Waals surface area contributed by atoms with E-state index in [-0.39, 0.29) is 24.8 Å². The van der Waals surface area contributed by atoms with E-state index in [1.165, 1.54) is 4.90 Å². The first-order valence-corrected chi connectivity index (χ1v) is 14.0. The second-order valence-corrected chi connectivity index (χ2v) is 11.1. The number of likely N-dealkylation sites (tertiary alicyclic amines) is 1. The summed E-state index contributed by atoms with van der Waals surface area (Å²) in [7, 11) is 0. The molecule has 2 saturated heterocycles. The number of amides is 1. The largest absolute Gasteiger partial charge is 0.480 e. The van der Waals surface area contributed by atoms with Gasteiger partial charge in [0, 0.05) is 6.04 Å². The molecule has 10 atom stereocenters. The highest BCUT2D eigenvalue weighted by molar-refractivity contribution is 5.89. The molecule has 2 heterocycles. The quantitative estimate of drug-likeness (QED) is 0.197. The van der Waals surface area contributed by atoms with Crippen molar-refractivity contribution in [1.82, 2.24) is 10.2 Å². The minimum Gasteiger partial charge on any atom is -0.480 e. The van der Waals surface area contributed by atoms with Crippen molar-refractivity contribution >= 4 is 23.8 Å². The number of nitrogens with one attached hydrogen (secondary N) is 1. The fraction of sp³-hybridized carbons (Fsp3) is 0.643. The van der Waals surface area contributed by atoms with Crippen LogP contribution in [0, 0.1) is 5.92 Å². The lowest BCUT2D eigenvalue weighted by Crippen LogP contribution is -2.61. The number of esters is 1. The molecule has 41 heavy (non-hydrogen) atoms. The molecular weight excluding hydrogens is 540 g/mol. The molecule has 1 aliphatic carbocycles. The zero-order valence-electron chi connectivity index (χ0n) is 22.7. The maximum absolute atomic E-state index is 13.8. The monoisotopic (exact) mass is 578 g/mol. The number of aryl methyl sites for hydroxylation is 1. The third-order valence-corrected chi connectivity index (χ3v) is 8.34. The zero-order valence-corrected chi connectivity index (χ0v) is 22.7. The van der Waals surface area contributed by atoms with Crippen LogP contribution in [0.1, 0.15) is 51.0 Å². The van der Waals surface area contributed by atoms with Crippen LogP contribution in [0.3, 0.4) is 0 Å². The average molecular weight is 579 g/mol. The van der Waals surface area contributed by atoms with Crippen LogP contribution in [-0.4, -0.2) is 109 Å². The maximum Gasteiger partial charge on any atom is 0.335 e. The van der Waals surface area contributed by atoms with Crippen LogP contribution in [0.25, 0.3) is 0 Å². The first-order valence-electron chi connectivity index (χ1n) is 14.0. The Labute approximate surface area is 237 Å². The van der Waals surface area contributed by atoms with Crippen molar-refractivity contribution in [3.8, 4) is 0 Å². The number of rotatable bonds is 10. The number of carboxylic acids is 2. The van der Waals surface area contributed by atoms with Crippen LogP contribution in [0.2, 0.25) is 0 Å². The third kappa shape index (κ3) is 6.87. The predicted molar refractivity (Wildman–Crippen MR) is 140 cm³/mol. The van der Waals surface area contributed by atoms with Gasteiger partial charge in [-0.1, -0.05) is 43.2 Å². The van der Waals surface area contributed by atoms with E-state index >= 15 is 0 Å². The lowest BCUT2D eigenvalue weighted by Gasteiger charge is -2.39. The molecule has 1 saturated carbocycles. The Bertz CT molecular complexity index is 1100. The number of aliphatic carboxylic acids is 2. The molecule has 226 valence electrons. The molecule has 1 aromatic rings. The number of aliphatic hydroxyl groups is 3. The summed E-state index contributed by atoms with van der Waals surface area (Å²) in [5.41, 5.74) is 0.960. The Balaban J connectivity index is 1.47. The molecule has 0 bridgehead atoms.